The van der Waals surface area contributed by atoms with Crippen LogP contribution in [0.5, 0.6) is 0 Å². The molecule has 0 atom stereocenters. The molecule has 2 aromatic rings. The Kier molecular flexibility index (Phi) is 2.73. The molecule has 0 saturated carbocycles. The van der Waals surface area contributed by atoms with Gasteiger partial charge in [-0.2, -0.15) is 5.10 Å². The van der Waals surface area contributed by atoms with Crippen LogP contribution >= 0.6 is 0 Å². The lowest BCUT2D eigenvalue weighted by Gasteiger charge is -2.02. The molecule has 0 amide bonds. The van der Waals surface area contributed by atoms with E-state index in [0.717, 1.165) is 18.7 Å². The molecule has 3 nitrogen and oxygen atoms in total. The van der Waals surface area contributed by atoms with Crippen molar-refractivity contribution in [3.05, 3.63) is 29.5 Å². The first kappa shape index (κ1) is 10.2. The number of hydrogen-bond acceptors (Lipinski definition) is 2. The van der Waals surface area contributed by atoms with Gasteiger partial charge in [0.25, 0.3) is 0 Å². The zero-order valence-corrected chi connectivity index (χ0v) is 9.33. The van der Waals surface area contributed by atoms with Gasteiger partial charge in [-0.25, -0.2) is 0 Å². The third kappa shape index (κ3) is 1.75. The molecule has 0 spiro atoms. The van der Waals surface area contributed by atoms with E-state index < -0.39 is 0 Å². The van der Waals surface area contributed by atoms with Gasteiger partial charge < -0.3 is 5.73 Å². The van der Waals surface area contributed by atoms with Crippen molar-refractivity contribution in [2.45, 2.75) is 26.8 Å². The Morgan fingerprint density at radius 3 is 2.87 bits per heavy atom. The number of benzene rings is 1. The average Bonchev–Trinajstić information content (AvgIpc) is 2.54. The van der Waals surface area contributed by atoms with Crippen molar-refractivity contribution < 1.29 is 0 Å². The molecular weight excluding hydrogens is 186 g/mol. The highest BCUT2D eigenvalue weighted by atomic mass is 15.3. The maximum absolute atomic E-state index is 5.52. The van der Waals surface area contributed by atoms with Gasteiger partial charge in [0, 0.05) is 11.9 Å². The van der Waals surface area contributed by atoms with Crippen molar-refractivity contribution in [3.63, 3.8) is 0 Å². The van der Waals surface area contributed by atoms with Gasteiger partial charge in [0.2, 0.25) is 0 Å². The van der Waals surface area contributed by atoms with E-state index in [4.69, 9.17) is 5.73 Å². The molecular formula is C12H17N3. The molecule has 0 aliphatic carbocycles. The Labute approximate surface area is 89.9 Å². The van der Waals surface area contributed by atoms with Crippen molar-refractivity contribution in [1.82, 2.24) is 9.78 Å². The second-order valence-electron chi connectivity index (χ2n) is 3.92. The first-order valence-electron chi connectivity index (χ1n) is 5.37. The van der Waals surface area contributed by atoms with Crippen molar-refractivity contribution in [2.75, 3.05) is 6.54 Å². The van der Waals surface area contributed by atoms with Gasteiger partial charge in [-0.1, -0.05) is 12.1 Å². The predicted molar refractivity (Wildman–Crippen MR) is 62.9 cm³/mol. The van der Waals surface area contributed by atoms with E-state index in [1.54, 1.807) is 0 Å². The van der Waals surface area contributed by atoms with Crippen molar-refractivity contribution in [3.8, 4) is 0 Å². The smallest absolute Gasteiger partial charge is 0.0687 e. The molecule has 2 N–H and O–H groups in total. The summed E-state index contributed by atoms with van der Waals surface area (Å²) in [5, 5.41) is 5.84. The minimum absolute atomic E-state index is 0.715. The Morgan fingerprint density at radius 2 is 2.13 bits per heavy atom. The van der Waals surface area contributed by atoms with E-state index in [1.165, 1.54) is 16.5 Å². The number of nitrogens with two attached hydrogens (primary N) is 1. The molecule has 0 bridgehead atoms. The summed E-state index contributed by atoms with van der Waals surface area (Å²) in [6, 6.07) is 6.33. The van der Waals surface area contributed by atoms with Crippen LogP contribution in [-0.2, 0) is 6.54 Å². The molecule has 0 fully saturated rings. The Hall–Kier alpha value is -1.35. The number of fused-ring (bicyclic) bond motifs is 1. The van der Waals surface area contributed by atoms with E-state index in [2.05, 4.69) is 41.8 Å². The minimum atomic E-state index is 0.715. The number of hydrogen-bond donors (Lipinski definition) is 1. The van der Waals surface area contributed by atoms with Crippen LogP contribution in [0, 0.1) is 13.8 Å². The van der Waals surface area contributed by atoms with E-state index in [1.807, 2.05) is 0 Å². The third-order valence-electron chi connectivity index (χ3n) is 2.74. The molecule has 2 rings (SSSR count). The fourth-order valence-corrected chi connectivity index (χ4v) is 2.03. The van der Waals surface area contributed by atoms with Gasteiger partial charge >= 0.3 is 0 Å². The van der Waals surface area contributed by atoms with Crippen molar-refractivity contribution >= 4 is 10.9 Å². The fraction of sp³-hybridized carbons (Fsp3) is 0.417. The average molecular weight is 203 g/mol. The lowest BCUT2D eigenvalue weighted by Crippen LogP contribution is -2.06. The Morgan fingerprint density at radius 1 is 1.33 bits per heavy atom. The summed E-state index contributed by atoms with van der Waals surface area (Å²) in [4.78, 5) is 0. The summed E-state index contributed by atoms with van der Waals surface area (Å²) in [5.41, 5.74) is 9.15. The molecule has 1 heterocycles. The zero-order chi connectivity index (χ0) is 10.8. The fourth-order valence-electron chi connectivity index (χ4n) is 2.03. The highest BCUT2D eigenvalue weighted by Crippen LogP contribution is 2.21. The highest BCUT2D eigenvalue weighted by molar-refractivity contribution is 5.85. The molecule has 0 radical (unpaired) electrons. The monoisotopic (exact) mass is 203 g/mol. The van der Waals surface area contributed by atoms with Crippen molar-refractivity contribution in [2.24, 2.45) is 5.73 Å². The number of aromatic nitrogens is 2. The third-order valence-corrected chi connectivity index (χ3v) is 2.74. The summed E-state index contributed by atoms with van der Waals surface area (Å²) in [7, 11) is 0. The topological polar surface area (TPSA) is 43.8 Å². The SMILES string of the molecule is Cc1cccc2c1c(C)nn2CCCN. The molecule has 0 aliphatic heterocycles. The van der Waals surface area contributed by atoms with Crippen LogP contribution < -0.4 is 5.73 Å². The number of rotatable bonds is 3. The van der Waals surface area contributed by atoms with Crippen LogP contribution in [0.25, 0.3) is 10.9 Å². The molecule has 3 heteroatoms. The number of nitrogens with zero attached hydrogens (tertiary/aromatic N) is 2. The van der Waals surface area contributed by atoms with Crippen molar-refractivity contribution in [1.29, 1.82) is 0 Å². The minimum Gasteiger partial charge on any atom is -0.330 e. The molecule has 0 saturated heterocycles. The van der Waals surface area contributed by atoms with Crippen LogP contribution in [0.15, 0.2) is 18.2 Å². The van der Waals surface area contributed by atoms with E-state index in [-0.39, 0.29) is 0 Å². The zero-order valence-electron chi connectivity index (χ0n) is 9.33. The first-order chi connectivity index (χ1) is 7.24. The first-order valence-corrected chi connectivity index (χ1v) is 5.37. The van der Waals surface area contributed by atoms with Gasteiger partial charge in [0.1, 0.15) is 0 Å². The second-order valence-corrected chi connectivity index (χ2v) is 3.92. The van der Waals surface area contributed by atoms with Gasteiger partial charge in [0.15, 0.2) is 0 Å². The Bertz CT molecular complexity index is 471. The molecule has 0 aliphatic rings. The second kappa shape index (κ2) is 4.03. The van der Waals surface area contributed by atoms with Crippen LogP contribution in [0.1, 0.15) is 17.7 Å². The summed E-state index contributed by atoms with van der Waals surface area (Å²) >= 11 is 0. The van der Waals surface area contributed by atoms with Crippen LogP contribution in [0.4, 0.5) is 0 Å². The maximum Gasteiger partial charge on any atom is 0.0687 e. The quantitative estimate of drug-likeness (QED) is 0.829. The van der Waals surface area contributed by atoms with Gasteiger partial charge in [0.05, 0.1) is 11.2 Å². The van der Waals surface area contributed by atoms with E-state index in [9.17, 15) is 0 Å². The lowest BCUT2D eigenvalue weighted by atomic mass is 10.1. The maximum atomic E-state index is 5.52. The summed E-state index contributed by atoms with van der Waals surface area (Å²) in [6.45, 7) is 5.81. The molecule has 80 valence electrons. The Balaban J connectivity index is 2.53. The number of aryl methyl sites for hydroxylation is 3. The largest absolute Gasteiger partial charge is 0.330 e. The van der Waals surface area contributed by atoms with E-state index in [0.29, 0.717) is 6.54 Å². The summed E-state index contributed by atoms with van der Waals surface area (Å²) in [5.74, 6) is 0. The van der Waals surface area contributed by atoms with Crippen LogP contribution in [0.3, 0.4) is 0 Å². The predicted octanol–water partition coefficient (Wildman–Crippen LogP) is 2.00. The summed E-state index contributed by atoms with van der Waals surface area (Å²) in [6.07, 6.45) is 0.976. The molecule has 15 heavy (non-hydrogen) atoms. The lowest BCUT2D eigenvalue weighted by molar-refractivity contribution is 0.598. The summed E-state index contributed by atoms with van der Waals surface area (Å²) < 4.78 is 2.06. The van der Waals surface area contributed by atoms with Gasteiger partial charge in [-0.3, -0.25) is 4.68 Å². The molecule has 1 aromatic heterocycles. The van der Waals surface area contributed by atoms with Gasteiger partial charge in [-0.15, -0.1) is 0 Å². The van der Waals surface area contributed by atoms with Crippen LogP contribution in [0.2, 0.25) is 0 Å². The standard InChI is InChI=1S/C12H17N3/c1-9-5-3-6-11-12(9)10(2)14-15(11)8-4-7-13/h3,5-6H,4,7-8,13H2,1-2H3. The molecule has 1 aromatic carbocycles. The highest BCUT2D eigenvalue weighted by Gasteiger charge is 2.07. The van der Waals surface area contributed by atoms with Crippen LogP contribution in [-0.4, -0.2) is 16.3 Å². The van der Waals surface area contributed by atoms with E-state index >= 15 is 0 Å². The van der Waals surface area contributed by atoms with Gasteiger partial charge in [-0.05, 0) is 38.4 Å². The molecule has 0 unspecified atom stereocenters. The normalized spacial score (nSPS) is 11.1.